The van der Waals surface area contributed by atoms with Crippen LogP contribution >= 0.6 is 0 Å². The molecule has 0 saturated heterocycles. The van der Waals surface area contributed by atoms with E-state index < -0.39 is 10.9 Å². The molecular formula is C17H16N2O5S. The first-order valence-electron chi connectivity index (χ1n) is 7.30. The third-order valence-corrected chi connectivity index (χ3v) is 3.95. The summed E-state index contributed by atoms with van der Waals surface area (Å²) in [6, 6.07) is 12.0. The Morgan fingerprint density at radius 3 is 2.48 bits per heavy atom. The van der Waals surface area contributed by atoms with E-state index in [9.17, 15) is 8.42 Å². The molecule has 0 bridgehead atoms. The van der Waals surface area contributed by atoms with Crippen LogP contribution in [0.3, 0.4) is 0 Å². The van der Waals surface area contributed by atoms with Gasteiger partial charge in [0.2, 0.25) is 10.9 Å². The molecule has 3 aromatic rings. The van der Waals surface area contributed by atoms with Gasteiger partial charge in [0.1, 0.15) is 11.5 Å². The Morgan fingerprint density at radius 1 is 0.920 bits per heavy atom. The number of anilines is 1. The standard InChI is InChI=1S/C17H16N2O5S/c1-22-12-4-5-13-14(10-12)18-8-7-15(13)24-16-6-3-11(19-25(20)21)9-17(16)23-2/h3-10,25H,1-2H3,(H,19,20,21). The molecule has 0 amide bonds. The smallest absolute Gasteiger partial charge is 0.222 e. The molecule has 3 rings (SSSR count). The second-order valence-corrected chi connectivity index (χ2v) is 5.77. The molecule has 25 heavy (non-hydrogen) atoms. The van der Waals surface area contributed by atoms with Crippen molar-refractivity contribution < 1.29 is 22.6 Å². The molecule has 1 heterocycles. The fourth-order valence-corrected chi connectivity index (χ4v) is 2.71. The molecule has 0 aliphatic rings. The number of ether oxygens (including phenoxy) is 3. The second kappa shape index (κ2) is 7.27. The van der Waals surface area contributed by atoms with E-state index in [-0.39, 0.29) is 0 Å². The van der Waals surface area contributed by atoms with Crippen LogP contribution < -0.4 is 18.9 Å². The molecule has 1 N–H and O–H groups in total. The third kappa shape index (κ3) is 3.74. The molecule has 7 nitrogen and oxygen atoms in total. The molecule has 8 heteroatoms. The van der Waals surface area contributed by atoms with Crippen LogP contribution in [-0.4, -0.2) is 27.6 Å². The molecule has 0 radical (unpaired) electrons. The van der Waals surface area contributed by atoms with E-state index in [2.05, 4.69) is 9.71 Å². The number of thiol groups is 1. The largest absolute Gasteiger partial charge is 0.497 e. The van der Waals surface area contributed by atoms with Gasteiger partial charge in [-0.25, -0.2) is 8.42 Å². The molecule has 0 aliphatic carbocycles. The molecule has 0 atom stereocenters. The lowest BCUT2D eigenvalue weighted by Crippen LogP contribution is -1.97. The number of nitrogens with one attached hydrogen (secondary N) is 1. The van der Waals surface area contributed by atoms with Crippen molar-refractivity contribution in [1.82, 2.24) is 4.98 Å². The zero-order valence-electron chi connectivity index (χ0n) is 13.6. The van der Waals surface area contributed by atoms with Gasteiger partial charge in [0.05, 0.1) is 25.4 Å². The molecule has 2 aromatic carbocycles. The van der Waals surface area contributed by atoms with Gasteiger partial charge >= 0.3 is 0 Å². The van der Waals surface area contributed by atoms with Gasteiger partial charge in [-0.2, -0.15) is 0 Å². The minimum absolute atomic E-state index is 0.393. The highest BCUT2D eigenvalue weighted by atomic mass is 32.2. The summed E-state index contributed by atoms with van der Waals surface area (Å²) in [6.07, 6.45) is 1.64. The van der Waals surface area contributed by atoms with Gasteiger partial charge in [0, 0.05) is 23.7 Å². The van der Waals surface area contributed by atoms with Crippen molar-refractivity contribution >= 4 is 27.5 Å². The van der Waals surface area contributed by atoms with Crippen LogP contribution in [0.5, 0.6) is 23.0 Å². The van der Waals surface area contributed by atoms with Crippen LogP contribution in [0.15, 0.2) is 48.7 Å². The quantitative estimate of drug-likeness (QED) is 0.657. The predicted octanol–water partition coefficient (Wildman–Crippen LogP) is 2.98. The van der Waals surface area contributed by atoms with Crippen LogP contribution in [0.4, 0.5) is 5.69 Å². The summed E-state index contributed by atoms with van der Waals surface area (Å²) in [6.45, 7) is 0. The highest BCUT2D eigenvalue weighted by molar-refractivity contribution is 7.73. The fraction of sp³-hybridized carbons (Fsp3) is 0.118. The lowest BCUT2D eigenvalue weighted by molar-refractivity contribution is 0.380. The van der Waals surface area contributed by atoms with Crippen molar-refractivity contribution in [1.29, 1.82) is 0 Å². The minimum atomic E-state index is -2.75. The summed E-state index contributed by atoms with van der Waals surface area (Å²) >= 11 is 0. The average Bonchev–Trinajstić information content (AvgIpc) is 2.62. The number of hydrogen-bond acceptors (Lipinski definition) is 6. The highest BCUT2D eigenvalue weighted by Gasteiger charge is 2.10. The molecule has 130 valence electrons. The van der Waals surface area contributed by atoms with Crippen LogP contribution in [0, 0.1) is 0 Å². The summed E-state index contributed by atoms with van der Waals surface area (Å²) in [7, 11) is 0.333. The number of pyridine rings is 1. The molecule has 1 aromatic heterocycles. The van der Waals surface area contributed by atoms with Crippen LogP contribution in [0.1, 0.15) is 0 Å². The summed E-state index contributed by atoms with van der Waals surface area (Å²) in [5.74, 6) is 2.16. The Kier molecular flexibility index (Phi) is 4.90. The Labute approximate surface area is 146 Å². The maximum absolute atomic E-state index is 10.8. The Morgan fingerprint density at radius 2 is 1.76 bits per heavy atom. The maximum atomic E-state index is 10.8. The highest BCUT2D eigenvalue weighted by Crippen LogP contribution is 2.36. The molecule has 0 unspecified atom stereocenters. The van der Waals surface area contributed by atoms with Gasteiger partial charge in [0.15, 0.2) is 11.5 Å². The SMILES string of the molecule is COc1ccc2c(Oc3ccc(N[SH](=O)=O)cc3OC)ccnc2c1. The number of aromatic nitrogens is 1. The molecular weight excluding hydrogens is 344 g/mol. The van der Waals surface area contributed by atoms with Gasteiger partial charge in [0.25, 0.3) is 0 Å². The van der Waals surface area contributed by atoms with Gasteiger partial charge in [-0.1, -0.05) is 0 Å². The molecule has 0 fully saturated rings. The summed E-state index contributed by atoms with van der Waals surface area (Å²) in [5.41, 5.74) is 1.13. The van der Waals surface area contributed by atoms with E-state index in [0.29, 0.717) is 28.7 Å². The first kappa shape index (κ1) is 16.8. The fourth-order valence-electron chi connectivity index (χ4n) is 2.36. The van der Waals surface area contributed by atoms with Crippen molar-refractivity contribution in [2.24, 2.45) is 0 Å². The lowest BCUT2D eigenvalue weighted by atomic mass is 10.2. The predicted molar refractivity (Wildman–Crippen MR) is 95.3 cm³/mol. The van der Waals surface area contributed by atoms with Gasteiger partial charge in [-0.3, -0.25) is 9.71 Å². The Hall–Kier alpha value is -3.00. The van der Waals surface area contributed by atoms with E-state index in [1.165, 1.54) is 7.11 Å². The van der Waals surface area contributed by atoms with E-state index in [4.69, 9.17) is 14.2 Å². The van der Waals surface area contributed by atoms with E-state index in [1.807, 2.05) is 18.2 Å². The lowest BCUT2D eigenvalue weighted by Gasteiger charge is -2.13. The zero-order chi connectivity index (χ0) is 17.8. The van der Waals surface area contributed by atoms with Crippen molar-refractivity contribution in [3.05, 3.63) is 48.7 Å². The van der Waals surface area contributed by atoms with Crippen LogP contribution in [0.25, 0.3) is 10.9 Å². The van der Waals surface area contributed by atoms with Crippen molar-refractivity contribution in [2.75, 3.05) is 18.9 Å². The summed E-state index contributed by atoms with van der Waals surface area (Å²) in [4.78, 5) is 4.31. The number of hydrogen-bond donors (Lipinski definition) is 2. The monoisotopic (exact) mass is 360 g/mol. The average molecular weight is 360 g/mol. The van der Waals surface area contributed by atoms with E-state index >= 15 is 0 Å². The minimum Gasteiger partial charge on any atom is -0.497 e. The second-order valence-electron chi connectivity index (χ2n) is 5.03. The van der Waals surface area contributed by atoms with Crippen LogP contribution in [0.2, 0.25) is 0 Å². The first-order valence-corrected chi connectivity index (χ1v) is 8.48. The van der Waals surface area contributed by atoms with Gasteiger partial charge < -0.3 is 14.2 Å². The van der Waals surface area contributed by atoms with Crippen molar-refractivity contribution in [2.45, 2.75) is 0 Å². The Balaban J connectivity index is 1.98. The molecule has 0 aliphatic heterocycles. The molecule has 0 spiro atoms. The topological polar surface area (TPSA) is 86.8 Å². The summed E-state index contributed by atoms with van der Waals surface area (Å²) in [5, 5.41) is 0.815. The number of nitrogens with zero attached hydrogens (tertiary/aromatic N) is 1. The number of rotatable bonds is 6. The third-order valence-electron chi connectivity index (χ3n) is 3.51. The molecule has 0 saturated carbocycles. The van der Waals surface area contributed by atoms with Crippen LogP contribution in [-0.2, 0) is 10.9 Å². The van der Waals surface area contributed by atoms with Crippen molar-refractivity contribution in [3.63, 3.8) is 0 Å². The van der Waals surface area contributed by atoms with Crippen molar-refractivity contribution in [3.8, 4) is 23.0 Å². The van der Waals surface area contributed by atoms with Gasteiger partial charge in [-0.05, 0) is 30.3 Å². The normalized spacial score (nSPS) is 10.7. The van der Waals surface area contributed by atoms with E-state index in [1.54, 1.807) is 37.6 Å². The van der Waals surface area contributed by atoms with Gasteiger partial charge in [-0.15, -0.1) is 0 Å². The Bertz CT molecular complexity index is 980. The number of benzene rings is 2. The number of methoxy groups -OCH3 is 2. The summed E-state index contributed by atoms with van der Waals surface area (Å²) < 4.78 is 40.3. The first-order chi connectivity index (χ1) is 12.1. The van der Waals surface area contributed by atoms with E-state index in [0.717, 1.165) is 10.9 Å². The number of fused-ring (bicyclic) bond motifs is 1. The maximum Gasteiger partial charge on any atom is 0.222 e. The zero-order valence-corrected chi connectivity index (χ0v) is 14.4.